The molecule has 21 heavy (non-hydrogen) atoms. The highest BCUT2D eigenvalue weighted by molar-refractivity contribution is 7.89. The number of benzene rings is 1. The van der Waals surface area contributed by atoms with Crippen LogP contribution >= 0.6 is 0 Å². The van der Waals surface area contributed by atoms with E-state index in [-0.39, 0.29) is 10.8 Å². The van der Waals surface area contributed by atoms with Gasteiger partial charge in [0, 0.05) is 13.5 Å². The summed E-state index contributed by atoms with van der Waals surface area (Å²) in [6.45, 7) is 6.52. The van der Waals surface area contributed by atoms with Gasteiger partial charge in [-0.15, -0.1) is 0 Å². The van der Waals surface area contributed by atoms with Crippen LogP contribution in [0.1, 0.15) is 33.3 Å². The molecule has 0 heterocycles. The first-order valence-corrected chi connectivity index (χ1v) is 8.08. The van der Waals surface area contributed by atoms with Crippen molar-refractivity contribution in [2.75, 3.05) is 0 Å². The molecule has 0 saturated carbocycles. The number of aliphatic hydroxyl groups excluding tert-OH is 1. The molecule has 1 aromatic carbocycles. The molecular formula is C14H22N2O4S. The molecular weight excluding hydrogens is 292 g/mol. The summed E-state index contributed by atoms with van der Waals surface area (Å²) >= 11 is 0. The minimum absolute atomic E-state index is 0.114. The lowest BCUT2D eigenvalue weighted by molar-refractivity contribution is -0.119. The zero-order chi connectivity index (χ0) is 16.3. The summed E-state index contributed by atoms with van der Waals surface area (Å²) in [5.74, 6) is -0.146. The van der Waals surface area contributed by atoms with Crippen molar-refractivity contribution in [2.24, 2.45) is 0 Å². The molecule has 118 valence electrons. The Labute approximate surface area is 125 Å². The molecule has 0 fully saturated rings. The van der Waals surface area contributed by atoms with E-state index in [1.54, 1.807) is 26.0 Å². The Kier molecular flexibility index (Phi) is 5.49. The summed E-state index contributed by atoms with van der Waals surface area (Å²) in [6, 6.07) is 6.22. The van der Waals surface area contributed by atoms with E-state index >= 15 is 0 Å². The number of sulfonamides is 1. The summed E-state index contributed by atoms with van der Waals surface area (Å²) in [6.07, 6.45) is -0.827. The molecule has 0 aliphatic heterocycles. The standard InChI is InChI=1S/C14H22N2O4S/c1-10(17)14(3,4)16-21(19,20)13-7-5-12(6-8-13)9-15-11(2)18/h5-8,10,16-17H,9H2,1-4H3,(H,15,18). The number of amides is 1. The maximum Gasteiger partial charge on any atom is 0.241 e. The van der Waals surface area contributed by atoms with Crippen LogP contribution in [-0.4, -0.2) is 31.1 Å². The highest BCUT2D eigenvalue weighted by atomic mass is 32.2. The summed E-state index contributed by atoms with van der Waals surface area (Å²) in [4.78, 5) is 10.9. The van der Waals surface area contributed by atoms with E-state index in [1.165, 1.54) is 26.0 Å². The predicted octanol–water partition coefficient (Wildman–Crippen LogP) is 0.760. The number of hydrogen-bond acceptors (Lipinski definition) is 4. The molecule has 1 rings (SSSR count). The minimum atomic E-state index is -3.71. The van der Waals surface area contributed by atoms with Crippen LogP contribution in [0.25, 0.3) is 0 Å². The summed E-state index contributed by atoms with van der Waals surface area (Å²) < 4.78 is 26.9. The van der Waals surface area contributed by atoms with Crippen molar-refractivity contribution in [1.29, 1.82) is 0 Å². The minimum Gasteiger partial charge on any atom is -0.391 e. The zero-order valence-electron chi connectivity index (χ0n) is 12.7. The first-order valence-electron chi connectivity index (χ1n) is 6.60. The molecule has 6 nitrogen and oxygen atoms in total. The second-order valence-corrected chi connectivity index (χ2v) is 7.24. The summed E-state index contributed by atoms with van der Waals surface area (Å²) in [7, 11) is -3.71. The van der Waals surface area contributed by atoms with Crippen LogP contribution < -0.4 is 10.0 Å². The largest absolute Gasteiger partial charge is 0.391 e. The Morgan fingerprint density at radius 3 is 2.24 bits per heavy atom. The van der Waals surface area contributed by atoms with Crippen LogP contribution in [0.4, 0.5) is 0 Å². The molecule has 0 aliphatic rings. The average molecular weight is 314 g/mol. The third-order valence-electron chi connectivity index (χ3n) is 3.22. The topological polar surface area (TPSA) is 95.5 Å². The van der Waals surface area contributed by atoms with E-state index < -0.39 is 21.7 Å². The van der Waals surface area contributed by atoms with E-state index in [2.05, 4.69) is 10.0 Å². The fraction of sp³-hybridized carbons (Fsp3) is 0.500. The van der Waals surface area contributed by atoms with Gasteiger partial charge in [0.05, 0.1) is 16.5 Å². The van der Waals surface area contributed by atoms with E-state index in [1.807, 2.05) is 0 Å². The Hall–Kier alpha value is -1.44. The predicted molar refractivity (Wildman–Crippen MR) is 80.0 cm³/mol. The molecule has 0 aromatic heterocycles. The maximum atomic E-state index is 12.2. The molecule has 0 bridgehead atoms. The second kappa shape index (κ2) is 6.55. The van der Waals surface area contributed by atoms with Gasteiger partial charge >= 0.3 is 0 Å². The van der Waals surface area contributed by atoms with Gasteiger partial charge in [0.1, 0.15) is 0 Å². The third kappa shape index (κ3) is 5.11. The Morgan fingerprint density at radius 2 is 1.81 bits per heavy atom. The maximum absolute atomic E-state index is 12.2. The van der Waals surface area contributed by atoms with Gasteiger partial charge in [0.25, 0.3) is 0 Å². The number of rotatable bonds is 6. The lowest BCUT2D eigenvalue weighted by Gasteiger charge is -2.28. The third-order valence-corrected chi connectivity index (χ3v) is 4.90. The fourth-order valence-electron chi connectivity index (χ4n) is 1.50. The van der Waals surface area contributed by atoms with Crippen molar-refractivity contribution in [2.45, 2.75) is 50.8 Å². The van der Waals surface area contributed by atoms with E-state index in [0.717, 1.165) is 5.56 Å². The first kappa shape index (κ1) is 17.6. The van der Waals surface area contributed by atoms with E-state index in [4.69, 9.17) is 0 Å². The van der Waals surface area contributed by atoms with Crippen molar-refractivity contribution in [3.63, 3.8) is 0 Å². The monoisotopic (exact) mass is 314 g/mol. The lowest BCUT2D eigenvalue weighted by atomic mass is 10.0. The number of hydrogen-bond donors (Lipinski definition) is 3. The van der Waals surface area contributed by atoms with Crippen molar-refractivity contribution < 1.29 is 18.3 Å². The molecule has 3 N–H and O–H groups in total. The number of carbonyl (C=O) groups excluding carboxylic acids is 1. The molecule has 0 saturated heterocycles. The molecule has 0 spiro atoms. The van der Waals surface area contributed by atoms with Crippen molar-refractivity contribution in [1.82, 2.24) is 10.0 Å². The van der Waals surface area contributed by atoms with Crippen LogP contribution in [0.5, 0.6) is 0 Å². The number of aliphatic hydroxyl groups is 1. The van der Waals surface area contributed by atoms with Crippen molar-refractivity contribution in [3.8, 4) is 0 Å². The van der Waals surface area contributed by atoms with Gasteiger partial charge in [-0.05, 0) is 38.5 Å². The van der Waals surface area contributed by atoms with Gasteiger partial charge in [0.15, 0.2) is 0 Å². The SMILES string of the molecule is CC(=O)NCc1ccc(S(=O)(=O)NC(C)(C)C(C)O)cc1. The van der Waals surface area contributed by atoms with Crippen molar-refractivity contribution >= 4 is 15.9 Å². The molecule has 1 amide bonds. The fourth-order valence-corrected chi connectivity index (χ4v) is 2.98. The van der Waals surface area contributed by atoms with Crippen LogP contribution in [0.3, 0.4) is 0 Å². The average Bonchev–Trinajstić information content (AvgIpc) is 2.35. The summed E-state index contributed by atoms with van der Waals surface area (Å²) in [5.41, 5.74) is -0.160. The van der Waals surface area contributed by atoms with Gasteiger partial charge < -0.3 is 10.4 Å². The molecule has 0 aliphatic carbocycles. The van der Waals surface area contributed by atoms with E-state index in [0.29, 0.717) is 6.54 Å². The zero-order valence-corrected chi connectivity index (χ0v) is 13.5. The van der Waals surface area contributed by atoms with Gasteiger partial charge in [-0.3, -0.25) is 4.79 Å². The van der Waals surface area contributed by atoms with Crippen LogP contribution in [0.2, 0.25) is 0 Å². The first-order chi connectivity index (χ1) is 9.54. The van der Waals surface area contributed by atoms with E-state index in [9.17, 15) is 18.3 Å². The number of carbonyl (C=O) groups is 1. The smallest absolute Gasteiger partial charge is 0.241 e. The number of nitrogens with one attached hydrogen (secondary N) is 2. The molecule has 1 unspecified atom stereocenters. The highest BCUT2D eigenvalue weighted by Gasteiger charge is 2.30. The van der Waals surface area contributed by atoms with Gasteiger partial charge in [-0.2, -0.15) is 0 Å². The molecule has 1 atom stereocenters. The lowest BCUT2D eigenvalue weighted by Crippen LogP contribution is -2.50. The van der Waals surface area contributed by atoms with Crippen molar-refractivity contribution in [3.05, 3.63) is 29.8 Å². The van der Waals surface area contributed by atoms with Crippen LogP contribution in [-0.2, 0) is 21.4 Å². The Bertz CT molecular complexity index is 592. The molecule has 7 heteroatoms. The van der Waals surface area contributed by atoms with Gasteiger partial charge in [-0.1, -0.05) is 12.1 Å². The highest BCUT2D eigenvalue weighted by Crippen LogP contribution is 2.16. The van der Waals surface area contributed by atoms with Crippen LogP contribution in [0.15, 0.2) is 29.2 Å². The molecule has 1 aromatic rings. The Balaban J connectivity index is 2.88. The van der Waals surface area contributed by atoms with Crippen LogP contribution in [0, 0.1) is 0 Å². The van der Waals surface area contributed by atoms with Gasteiger partial charge in [0.2, 0.25) is 15.9 Å². The molecule has 0 radical (unpaired) electrons. The quantitative estimate of drug-likeness (QED) is 0.722. The second-order valence-electron chi connectivity index (χ2n) is 5.56. The van der Waals surface area contributed by atoms with Gasteiger partial charge in [-0.25, -0.2) is 13.1 Å². The summed E-state index contributed by atoms with van der Waals surface area (Å²) in [5, 5.41) is 12.2. The Morgan fingerprint density at radius 1 is 1.29 bits per heavy atom. The normalized spacial score (nSPS) is 13.8.